The van der Waals surface area contributed by atoms with Gasteiger partial charge < -0.3 is 5.32 Å². The van der Waals surface area contributed by atoms with Gasteiger partial charge in [0.25, 0.3) is 0 Å². The summed E-state index contributed by atoms with van der Waals surface area (Å²) in [7, 11) is 1.95. The second-order valence-electron chi connectivity index (χ2n) is 3.95. The molecule has 0 spiro atoms. The average Bonchev–Trinajstić information content (AvgIpc) is 2.78. The molecule has 0 bridgehead atoms. The summed E-state index contributed by atoms with van der Waals surface area (Å²) in [5.41, 5.74) is 3.59. The first-order chi connectivity index (χ1) is 7.70. The van der Waals surface area contributed by atoms with E-state index in [1.165, 1.54) is 11.1 Å². The maximum atomic E-state index is 4.64. The summed E-state index contributed by atoms with van der Waals surface area (Å²) >= 11 is 1.70. The second-order valence-corrected chi connectivity index (χ2v) is 4.81. The molecule has 1 aromatic carbocycles. The van der Waals surface area contributed by atoms with E-state index in [9.17, 15) is 0 Å². The zero-order valence-corrected chi connectivity index (χ0v) is 10.6. The van der Waals surface area contributed by atoms with E-state index < -0.39 is 0 Å². The molecule has 2 aromatic rings. The molecule has 0 aliphatic heterocycles. The third-order valence-electron chi connectivity index (χ3n) is 2.70. The monoisotopic (exact) mass is 232 g/mol. The molecule has 2 rings (SSSR count). The largest absolute Gasteiger partial charge is 0.312 e. The van der Waals surface area contributed by atoms with Crippen LogP contribution in [0.4, 0.5) is 0 Å². The van der Waals surface area contributed by atoms with Crippen molar-refractivity contribution < 1.29 is 0 Å². The van der Waals surface area contributed by atoms with Crippen LogP contribution in [0.2, 0.25) is 0 Å². The minimum Gasteiger partial charge on any atom is -0.312 e. The number of aryl methyl sites for hydroxylation is 1. The van der Waals surface area contributed by atoms with E-state index in [0.29, 0.717) is 6.04 Å². The number of benzene rings is 1. The van der Waals surface area contributed by atoms with E-state index in [2.05, 4.69) is 53.8 Å². The quantitative estimate of drug-likeness (QED) is 0.877. The summed E-state index contributed by atoms with van der Waals surface area (Å²) in [6.45, 7) is 4.22. The third-order valence-corrected chi connectivity index (χ3v) is 3.61. The van der Waals surface area contributed by atoms with Crippen molar-refractivity contribution in [1.82, 2.24) is 10.3 Å². The molecule has 1 N–H and O–H groups in total. The smallest absolute Gasteiger partial charge is 0.123 e. The molecule has 1 unspecified atom stereocenters. The van der Waals surface area contributed by atoms with Gasteiger partial charge in [0.2, 0.25) is 0 Å². The number of nitrogens with zero attached hydrogens (tertiary/aromatic N) is 1. The van der Waals surface area contributed by atoms with Crippen molar-refractivity contribution in [1.29, 1.82) is 0 Å². The van der Waals surface area contributed by atoms with Crippen molar-refractivity contribution >= 4 is 11.3 Å². The van der Waals surface area contributed by atoms with E-state index in [0.717, 1.165) is 10.7 Å². The predicted molar refractivity (Wildman–Crippen MR) is 69.8 cm³/mol. The topological polar surface area (TPSA) is 24.9 Å². The number of hydrogen-bond acceptors (Lipinski definition) is 3. The van der Waals surface area contributed by atoms with Crippen LogP contribution in [0.5, 0.6) is 0 Å². The minimum absolute atomic E-state index is 0.315. The lowest BCUT2D eigenvalue weighted by Crippen LogP contribution is -2.12. The first-order valence-corrected chi connectivity index (χ1v) is 6.28. The van der Waals surface area contributed by atoms with Crippen LogP contribution in [0.3, 0.4) is 0 Å². The van der Waals surface area contributed by atoms with Crippen LogP contribution < -0.4 is 5.32 Å². The Balaban J connectivity index is 2.28. The highest BCUT2D eigenvalue weighted by atomic mass is 32.1. The zero-order valence-electron chi connectivity index (χ0n) is 9.82. The van der Waals surface area contributed by atoms with Crippen LogP contribution in [0.15, 0.2) is 29.6 Å². The van der Waals surface area contributed by atoms with E-state index >= 15 is 0 Å². The summed E-state index contributed by atoms with van der Waals surface area (Å²) in [5, 5.41) is 6.42. The summed E-state index contributed by atoms with van der Waals surface area (Å²) in [5.74, 6) is 0. The Morgan fingerprint density at radius 3 is 2.56 bits per heavy atom. The Morgan fingerprint density at radius 2 is 1.94 bits per heavy atom. The van der Waals surface area contributed by atoms with Gasteiger partial charge >= 0.3 is 0 Å². The van der Waals surface area contributed by atoms with E-state index in [1.807, 2.05) is 7.05 Å². The summed E-state index contributed by atoms with van der Waals surface area (Å²) in [6, 6.07) is 8.82. The highest BCUT2D eigenvalue weighted by molar-refractivity contribution is 7.13. The highest BCUT2D eigenvalue weighted by Gasteiger charge is 2.08. The van der Waals surface area contributed by atoms with Gasteiger partial charge in [0.05, 0.1) is 5.69 Å². The molecule has 0 radical (unpaired) electrons. The Hall–Kier alpha value is -1.19. The molecule has 1 heterocycles. The van der Waals surface area contributed by atoms with E-state index in [-0.39, 0.29) is 0 Å². The average molecular weight is 232 g/mol. The fourth-order valence-electron chi connectivity index (χ4n) is 1.46. The lowest BCUT2D eigenvalue weighted by molar-refractivity contribution is 0.637. The van der Waals surface area contributed by atoms with Gasteiger partial charge in [-0.3, -0.25) is 0 Å². The number of hydrogen-bond donors (Lipinski definition) is 1. The molecule has 84 valence electrons. The fourth-order valence-corrected chi connectivity index (χ4v) is 2.38. The predicted octanol–water partition coefficient (Wildman–Crippen LogP) is 3.40. The van der Waals surface area contributed by atoms with Gasteiger partial charge in [-0.05, 0) is 20.9 Å². The molecular formula is C13H16N2S. The maximum absolute atomic E-state index is 4.64. The van der Waals surface area contributed by atoms with Crippen molar-refractivity contribution in [2.45, 2.75) is 19.9 Å². The molecule has 0 saturated carbocycles. The van der Waals surface area contributed by atoms with Crippen molar-refractivity contribution in [3.63, 3.8) is 0 Å². The van der Waals surface area contributed by atoms with Gasteiger partial charge in [0, 0.05) is 17.0 Å². The SMILES string of the molecule is CNC(C)c1csc(-c2ccc(C)cc2)n1. The van der Waals surface area contributed by atoms with Gasteiger partial charge in [-0.25, -0.2) is 4.98 Å². The standard InChI is InChI=1S/C13H16N2S/c1-9-4-6-11(7-5-9)13-15-12(8-16-13)10(2)14-3/h4-8,10,14H,1-3H3. The van der Waals surface area contributed by atoms with Crippen LogP contribution >= 0.6 is 11.3 Å². The van der Waals surface area contributed by atoms with E-state index in [4.69, 9.17) is 0 Å². The molecule has 0 saturated heterocycles. The molecule has 0 fully saturated rings. The molecular weight excluding hydrogens is 216 g/mol. The molecule has 0 amide bonds. The number of thiazole rings is 1. The highest BCUT2D eigenvalue weighted by Crippen LogP contribution is 2.26. The molecule has 16 heavy (non-hydrogen) atoms. The van der Waals surface area contributed by atoms with E-state index in [1.54, 1.807) is 11.3 Å². The number of aromatic nitrogens is 1. The van der Waals surface area contributed by atoms with Crippen LogP contribution in [0.25, 0.3) is 10.6 Å². The Bertz CT molecular complexity index is 459. The fraction of sp³-hybridized carbons (Fsp3) is 0.308. The van der Waals surface area contributed by atoms with Crippen LogP contribution in [0, 0.1) is 6.92 Å². The van der Waals surface area contributed by atoms with Crippen molar-refractivity contribution in [2.75, 3.05) is 7.05 Å². The van der Waals surface area contributed by atoms with Gasteiger partial charge in [0.15, 0.2) is 0 Å². The van der Waals surface area contributed by atoms with Gasteiger partial charge in [-0.1, -0.05) is 29.8 Å². The first-order valence-electron chi connectivity index (χ1n) is 5.40. The van der Waals surface area contributed by atoms with Gasteiger partial charge in [0.1, 0.15) is 5.01 Å². The summed E-state index contributed by atoms with van der Waals surface area (Å²) in [4.78, 5) is 4.64. The minimum atomic E-state index is 0.315. The lowest BCUT2D eigenvalue weighted by Gasteiger charge is -2.04. The molecule has 2 nitrogen and oxygen atoms in total. The number of nitrogens with one attached hydrogen (secondary N) is 1. The number of rotatable bonds is 3. The Morgan fingerprint density at radius 1 is 1.25 bits per heavy atom. The summed E-state index contributed by atoms with van der Waals surface area (Å²) in [6.07, 6.45) is 0. The first kappa shape index (κ1) is 11.3. The van der Waals surface area contributed by atoms with Gasteiger partial charge in [-0.15, -0.1) is 11.3 Å². The van der Waals surface area contributed by atoms with Crippen LogP contribution in [-0.4, -0.2) is 12.0 Å². The van der Waals surface area contributed by atoms with Crippen molar-refractivity contribution in [2.24, 2.45) is 0 Å². The zero-order chi connectivity index (χ0) is 11.5. The third kappa shape index (κ3) is 2.31. The molecule has 3 heteroatoms. The maximum Gasteiger partial charge on any atom is 0.123 e. The van der Waals surface area contributed by atoms with Crippen LogP contribution in [0.1, 0.15) is 24.2 Å². The second kappa shape index (κ2) is 4.76. The normalized spacial score (nSPS) is 12.7. The molecule has 1 aromatic heterocycles. The molecule has 1 atom stereocenters. The van der Waals surface area contributed by atoms with Crippen LogP contribution in [-0.2, 0) is 0 Å². The molecule has 0 aliphatic rings. The van der Waals surface area contributed by atoms with Crippen molar-refractivity contribution in [3.05, 3.63) is 40.9 Å². The lowest BCUT2D eigenvalue weighted by atomic mass is 10.2. The van der Waals surface area contributed by atoms with Crippen molar-refractivity contribution in [3.8, 4) is 10.6 Å². The Labute approximate surface area is 100 Å². The summed E-state index contributed by atoms with van der Waals surface area (Å²) < 4.78 is 0. The molecule has 0 aliphatic carbocycles. The van der Waals surface area contributed by atoms with Gasteiger partial charge in [-0.2, -0.15) is 0 Å². The Kier molecular flexibility index (Phi) is 3.36.